The molecule has 0 saturated carbocycles. The van der Waals surface area contributed by atoms with Crippen molar-refractivity contribution >= 4 is 17.9 Å². The average molecular weight is 809 g/mol. The summed E-state index contributed by atoms with van der Waals surface area (Å²) in [6.07, 6.45) is 32.0. The minimum atomic E-state index is -1.86. The van der Waals surface area contributed by atoms with E-state index in [1.807, 2.05) is 0 Å². The van der Waals surface area contributed by atoms with Gasteiger partial charge in [-0.3, -0.25) is 9.59 Å². The number of ether oxygens (including phenoxy) is 4. The van der Waals surface area contributed by atoms with Gasteiger partial charge in [-0.15, -0.1) is 0 Å². The van der Waals surface area contributed by atoms with Gasteiger partial charge in [-0.2, -0.15) is 0 Å². The molecule has 0 bridgehead atoms. The van der Waals surface area contributed by atoms with E-state index in [1.165, 1.54) is 89.9 Å². The van der Waals surface area contributed by atoms with Crippen LogP contribution < -0.4 is 0 Å². The molecule has 6 unspecified atom stereocenters. The molecule has 1 heterocycles. The van der Waals surface area contributed by atoms with Crippen LogP contribution in [0.3, 0.4) is 0 Å². The Kier molecular flexibility index (Phi) is 33.6. The first-order valence-corrected chi connectivity index (χ1v) is 22.5. The third-order valence-corrected chi connectivity index (χ3v) is 10.3. The van der Waals surface area contributed by atoms with Crippen LogP contribution in [-0.4, -0.2) is 88.4 Å². The van der Waals surface area contributed by atoms with Gasteiger partial charge in [0.2, 0.25) is 0 Å². The first-order chi connectivity index (χ1) is 27.7. The van der Waals surface area contributed by atoms with Gasteiger partial charge in [0.25, 0.3) is 0 Å². The van der Waals surface area contributed by atoms with E-state index in [0.29, 0.717) is 12.8 Å². The molecule has 57 heavy (non-hydrogen) atoms. The Bertz CT molecular complexity index is 1090. The molecule has 1 saturated heterocycles. The Labute approximate surface area is 344 Å². The Morgan fingerprint density at radius 2 is 1.04 bits per heavy atom. The SMILES string of the molecule is CC/C=C\C/C=C\C/C=C\CCCCCC(=O)OCC(COC1OC(C(=O)O)C(O)C(O)C1O)OC(=O)CCCCCCCCCCCCCCCCCCCC. The number of carboxylic acids is 1. The standard InChI is InChI=1S/C46H80O11/c1-3-5-7-9-11-13-15-17-18-19-20-21-23-25-27-29-31-33-35-40(48)56-38(37-55-46-43(51)41(49)42(50)44(57-46)45(52)53)36-54-39(47)34-32-30-28-26-24-22-16-14-12-10-8-6-4-2/h6,8,12,14,22,24,38,41-44,46,49-51H,3-5,7,9-11,13,15-21,23,25-37H2,1-2H3,(H,52,53)/b8-6-,14-12-,24-22-. The molecular weight excluding hydrogens is 728 g/mol. The van der Waals surface area contributed by atoms with E-state index >= 15 is 0 Å². The highest BCUT2D eigenvalue weighted by Crippen LogP contribution is 2.23. The molecule has 0 aliphatic carbocycles. The van der Waals surface area contributed by atoms with Crippen LogP contribution in [0.4, 0.5) is 0 Å². The van der Waals surface area contributed by atoms with Gasteiger partial charge in [-0.05, 0) is 44.9 Å². The number of hydrogen-bond acceptors (Lipinski definition) is 10. The van der Waals surface area contributed by atoms with Crippen LogP contribution in [0, 0.1) is 0 Å². The van der Waals surface area contributed by atoms with Gasteiger partial charge >= 0.3 is 17.9 Å². The van der Waals surface area contributed by atoms with Crippen LogP contribution in [0.5, 0.6) is 0 Å². The molecule has 1 aliphatic rings. The molecule has 4 N–H and O–H groups in total. The molecule has 1 aliphatic heterocycles. The van der Waals surface area contributed by atoms with Crippen LogP contribution >= 0.6 is 0 Å². The first-order valence-electron chi connectivity index (χ1n) is 22.5. The number of aliphatic hydroxyl groups is 3. The van der Waals surface area contributed by atoms with Gasteiger partial charge in [-0.25, -0.2) is 4.79 Å². The zero-order valence-corrected chi connectivity index (χ0v) is 35.6. The summed E-state index contributed by atoms with van der Waals surface area (Å²) < 4.78 is 21.7. The van der Waals surface area contributed by atoms with Gasteiger partial charge in [-0.1, -0.05) is 166 Å². The highest BCUT2D eigenvalue weighted by Gasteiger charge is 2.47. The lowest BCUT2D eigenvalue weighted by molar-refractivity contribution is -0.298. The van der Waals surface area contributed by atoms with Crippen molar-refractivity contribution in [2.75, 3.05) is 13.2 Å². The first kappa shape index (κ1) is 52.4. The summed E-state index contributed by atoms with van der Waals surface area (Å²) in [7, 11) is 0. The fraction of sp³-hybridized carbons (Fsp3) is 0.804. The summed E-state index contributed by atoms with van der Waals surface area (Å²) in [4.78, 5) is 36.8. The molecule has 1 fully saturated rings. The van der Waals surface area contributed by atoms with Gasteiger partial charge < -0.3 is 39.4 Å². The van der Waals surface area contributed by atoms with Gasteiger partial charge in [0.15, 0.2) is 18.5 Å². The van der Waals surface area contributed by atoms with Crippen LogP contribution in [0.25, 0.3) is 0 Å². The predicted molar refractivity (Wildman–Crippen MR) is 225 cm³/mol. The van der Waals surface area contributed by atoms with Crippen molar-refractivity contribution in [2.45, 2.75) is 224 Å². The monoisotopic (exact) mass is 809 g/mol. The van der Waals surface area contributed by atoms with Gasteiger partial charge in [0.05, 0.1) is 6.61 Å². The fourth-order valence-electron chi connectivity index (χ4n) is 6.72. The predicted octanol–water partition coefficient (Wildman–Crippen LogP) is 9.59. The van der Waals surface area contributed by atoms with Crippen LogP contribution in [0.2, 0.25) is 0 Å². The number of hydrogen-bond donors (Lipinski definition) is 4. The molecule has 330 valence electrons. The Balaban J connectivity index is 2.36. The maximum atomic E-state index is 12.8. The summed E-state index contributed by atoms with van der Waals surface area (Å²) in [6, 6.07) is 0. The summed E-state index contributed by atoms with van der Waals surface area (Å²) in [5.41, 5.74) is 0. The van der Waals surface area contributed by atoms with E-state index in [9.17, 15) is 34.8 Å². The highest BCUT2D eigenvalue weighted by atomic mass is 16.7. The van der Waals surface area contributed by atoms with Gasteiger partial charge in [0, 0.05) is 12.8 Å². The number of esters is 2. The topological polar surface area (TPSA) is 169 Å². The number of carbonyl (C=O) groups excluding carboxylic acids is 2. The molecular formula is C46H80O11. The van der Waals surface area contributed by atoms with Crippen molar-refractivity contribution in [3.63, 3.8) is 0 Å². The van der Waals surface area contributed by atoms with E-state index in [1.54, 1.807) is 0 Å². The molecule has 0 aromatic heterocycles. The third-order valence-electron chi connectivity index (χ3n) is 10.3. The summed E-state index contributed by atoms with van der Waals surface area (Å²) in [5.74, 6) is -2.48. The van der Waals surface area contributed by atoms with Crippen LogP contribution in [-0.2, 0) is 33.3 Å². The van der Waals surface area contributed by atoms with E-state index in [4.69, 9.17) is 18.9 Å². The van der Waals surface area contributed by atoms with E-state index in [-0.39, 0.29) is 19.4 Å². The van der Waals surface area contributed by atoms with E-state index in [0.717, 1.165) is 57.8 Å². The molecule has 0 radical (unpaired) electrons. The largest absolute Gasteiger partial charge is 0.479 e. The number of carboxylic acid groups (broad SMARTS) is 1. The fourth-order valence-corrected chi connectivity index (χ4v) is 6.72. The van der Waals surface area contributed by atoms with Crippen molar-refractivity contribution in [1.29, 1.82) is 0 Å². The van der Waals surface area contributed by atoms with Crippen molar-refractivity contribution in [1.82, 2.24) is 0 Å². The number of aliphatic hydroxyl groups excluding tert-OH is 3. The molecule has 0 amide bonds. The second-order valence-electron chi connectivity index (χ2n) is 15.5. The van der Waals surface area contributed by atoms with E-state index in [2.05, 4.69) is 50.3 Å². The molecule has 0 aromatic carbocycles. The smallest absolute Gasteiger partial charge is 0.335 e. The second kappa shape index (κ2) is 36.5. The number of unbranched alkanes of at least 4 members (excludes halogenated alkanes) is 20. The molecule has 1 rings (SSSR count). The molecule has 6 atom stereocenters. The summed E-state index contributed by atoms with van der Waals surface area (Å²) >= 11 is 0. The van der Waals surface area contributed by atoms with Crippen LogP contribution in [0.1, 0.15) is 187 Å². The molecule has 0 aromatic rings. The number of rotatable bonds is 37. The summed E-state index contributed by atoms with van der Waals surface area (Å²) in [5, 5.41) is 39.8. The van der Waals surface area contributed by atoms with Crippen molar-refractivity contribution in [3.05, 3.63) is 36.5 Å². The van der Waals surface area contributed by atoms with Crippen molar-refractivity contribution < 1.29 is 53.8 Å². The Hall–Kier alpha value is -2.57. The van der Waals surface area contributed by atoms with E-state index < -0.39 is 61.3 Å². The lowest BCUT2D eigenvalue weighted by atomic mass is 9.99. The number of aliphatic carboxylic acids is 1. The highest BCUT2D eigenvalue weighted by molar-refractivity contribution is 5.73. The third kappa shape index (κ3) is 28.5. The second-order valence-corrected chi connectivity index (χ2v) is 15.5. The van der Waals surface area contributed by atoms with Crippen molar-refractivity contribution in [3.8, 4) is 0 Å². The van der Waals surface area contributed by atoms with Gasteiger partial charge in [0.1, 0.15) is 24.9 Å². The number of carbonyl (C=O) groups is 3. The molecule has 0 spiro atoms. The quantitative estimate of drug-likeness (QED) is 0.0268. The summed E-state index contributed by atoms with van der Waals surface area (Å²) in [6.45, 7) is 3.68. The van der Waals surface area contributed by atoms with Crippen LogP contribution in [0.15, 0.2) is 36.5 Å². The minimum Gasteiger partial charge on any atom is -0.479 e. The lowest BCUT2D eigenvalue weighted by Crippen LogP contribution is -2.60. The maximum absolute atomic E-state index is 12.8. The van der Waals surface area contributed by atoms with Crippen molar-refractivity contribution in [2.24, 2.45) is 0 Å². The average Bonchev–Trinajstić information content (AvgIpc) is 3.19. The molecule has 11 nitrogen and oxygen atoms in total. The number of allylic oxidation sites excluding steroid dienone is 6. The Morgan fingerprint density at radius 3 is 1.56 bits per heavy atom. The zero-order valence-electron chi connectivity index (χ0n) is 35.6. The lowest BCUT2D eigenvalue weighted by Gasteiger charge is -2.38. The minimum absolute atomic E-state index is 0.179. The maximum Gasteiger partial charge on any atom is 0.335 e. The molecule has 11 heteroatoms. The normalized spacial score (nSPS) is 20.5. The zero-order chi connectivity index (χ0) is 41.8. The Morgan fingerprint density at radius 1 is 0.561 bits per heavy atom.